The average molecular weight is 572 g/mol. The Morgan fingerprint density at radius 1 is 1.25 bits per heavy atom. The Bertz CT molecular complexity index is 1580. The van der Waals surface area contributed by atoms with Gasteiger partial charge in [0.05, 0.1) is 23.9 Å². The van der Waals surface area contributed by atoms with Gasteiger partial charge in [0.1, 0.15) is 41.0 Å². The third-order valence-electron chi connectivity index (χ3n) is 6.91. The molecule has 0 bridgehead atoms. The fourth-order valence-corrected chi connectivity index (χ4v) is 6.21. The van der Waals surface area contributed by atoms with Gasteiger partial charge in [-0.2, -0.15) is 18.4 Å². The highest BCUT2D eigenvalue weighted by Gasteiger charge is 2.29. The molecule has 13 heteroatoms. The molecule has 0 saturated carbocycles. The van der Waals surface area contributed by atoms with Gasteiger partial charge in [-0.3, -0.25) is 9.69 Å². The summed E-state index contributed by atoms with van der Waals surface area (Å²) in [6, 6.07) is 9.37. The maximum Gasteiger partial charge on any atom is 0.393 e. The number of hydrogen-bond acceptors (Lipinski definition) is 8. The molecule has 1 fully saturated rings. The number of amides is 1. The lowest BCUT2D eigenvalue weighted by Crippen LogP contribution is -2.38. The van der Waals surface area contributed by atoms with Crippen molar-refractivity contribution < 1.29 is 22.7 Å². The predicted octanol–water partition coefficient (Wildman–Crippen LogP) is 4.58. The van der Waals surface area contributed by atoms with Gasteiger partial charge in [0.25, 0.3) is 0 Å². The number of likely N-dealkylation sites (tertiary alicyclic amines) is 1. The van der Waals surface area contributed by atoms with Crippen LogP contribution in [0.4, 0.5) is 19.0 Å². The van der Waals surface area contributed by atoms with Crippen LogP contribution in [-0.2, 0) is 24.3 Å². The molecule has 1 aliphatic heterocycles. The number of piperidine rings is 1. The van der Waals surface area contributed by atoms with Crippen LogP contribution in [0.15, 0.2) is 30.6 Å². The fourth-order valence-electron chi connectivity index (χ4n) is 5.19. The fraction of sp³-hybridized carbons (Fsp3) is 0.407. The molecule has 1 amide bonds. The summed E-state index contributed by atoms with van der Waals surface area (Å²) in [4.78, 5) is 23.1. The van der Waals surface area contributed by atoms with E-state index in [0.717, 1.165) is 48.2 Å². The summed E-state index contributed by atoms with van der Waals surface area (Å²) in [5, 5.41) is 14.4. The zero-order chi connectivity index (χ0) is 28.4. The molecule has 40 heavy (non-hydrogen) atoms. The molecule has 210 valence electrons. The number of nitrogens with two attached hydrogens (primary N) is 1. The molecule has 0 radical (unpaired) electrons. The van der Waals surface area contributed by atoms with Gasteiger partial charge in [0.2, 0.25) is 5.91 Å². The number of halogens is 3. The van der Waals surface area contributed by atoms with Crippen molar-refractivity contribution >= 4 is 44.2 Å². The number of primary amides is 1. The number of fused-ring (bicyclic) bond motifs is 2. The largest absolute Gasteiger partial charge is 0.493 e. The van der Waals surface area contributed by atoms with E-state index >= 15 is 0 Å². The van der Waals surface area contributed by atoms with Crippen LogP contribution in [0.5, 0.6) is 5.75 Å². The number of thiophene rings is 1. The van der Waals surface area contributed by atoms with Gasteiger partial charge in [-0.15, -0.1) is 11.3 Å². The minimum atomic E-state index is -4.27. The lowest BCUT2D eigenvalue weighted by Gasteiger charge is -2.33. The first-order valence-corrected chi connectivity index (χ1v) is 13.7. The van der Waals surface area contributed by atoms with Crippen LogP contribution in [0.3, 0.4) is 0 Å². The Labute approximate surface area is 232 Å². The van der Waals surface area contributed by atoms with Crippen LogP contribution in [0, 0.1) is 11.3 Å². The SMILES string of the molecule is CCOc1c(CN2CCC(Nc3ncnc4sc(CC(F)(F)F)cc34)CC2)ccc2c1cc(C#N)n2CC(N)=O. The Morgan fingerprint density at radius 2 is 2.02 bits per heavy atom. The smallest absolute Gasteiger partial charge is 0.393 e. The number of alkyl halides is 3. The van der Waals surface area contributed by atoms with E-state index < -0.39 is 18.5 Å². The van der Waals surface area contributed by atoms with E-state index in [4.69, 9.17) is 10.5 Å². The minimum absolute atomic E-state index is 0.0918. The lowest BCUT2D eigenvalue weighted by molar-refractivity contribution is -0.126. The summed E-state index contributed by atoms with van der Waals surface area (Å²) < 4.78 is 46.2. The Balaban J connectivity index is 1.28. The predicted molar refractivity (Wildman–Crippen MR) is 146 cm³/mol. The topological polar surface area (TPSA) is 122 Å². The summed E-state index contributed by atoms with van der Waals surface area (Å²) in [6.07, 6.45) is -2.22. The van der Waals surface area contributed by atoms with Crippen LogP contribution in [0.25, 0.3) is 21.1 Å². The molecule has 3 aromatic heterocycles. The van der Waals surface area contributed by atoms with Crippen LogP contribution >= 0.6 is 11.3 Å². The minimum Gasteiger partial charge on any atom is -0.493 e. The Kier molecular flexibility index (Phi) is 7.82. The van der Waals surface area contributed by atoms with Crippen molar-refractivity contribution in [1.82, 2.24) is 19.4 Å². The highest BCUT2D eigenvalue weighted by Crippen LogP contribution is 2.35. The number of carbonyl (C=O) groups is 1. The van der Waals surface area contributed by atoms with Crippen molar-refractivity contribution in [3.8, 4) is 11.8 Å². The molecule has 0 aliphatic carbocycles. The van der Waals surface area contributed by atoms with Crippen LogP contribution < -0.4 is 15.8 Å². The second-order valence-electron chi connectivity index (χ2n) is 9.75. The number of carbonyl (C=O) groups excluding carboxylic acids is 1. The molecule has 5 rings (SSSR count). The lowest BCUT2D eigenvalue weighted by atomic mass is 10.0. The highest BCUT2D eigenvalue weighted by molar-refractivity contribution is 7.18. The standard InChI is InChI=1S/C27H28F3N7O2S/c1-2-39-24-16(3-4-22-20(24)9-18(12-31)37(22)14-23(32)38)13-36-7-5-17(6-8-36)35-25-21-10-19(11-27(28,29)30)40-26(21)34-15-33-25/h3-4,9-10,15,17H,2,5-8,11,13-14H2,1H3,(H2,32,38)(H,33,34,35). The Morgan fingerprint density at radius 3 is 2.70 bits per heavy atom. The van der Waals surface area contributed by atoms with E-state index in [1.54, 1.807) is 10.6 Å². The maximum absolute atomic E-state index is 12.9. The number of rotatable bonds is 9. The van der Waals surface area contributed by atoms with Gasteiger partial charge in [0.15, 0.2) is 0 Å². The molecular formula is C27H28F3N7O2S. The molecule has 9 nitrogen and oxygen atoms in total. The molecule has 1 aromatic carbocycles. The Hall–Kier alpha value is -3.89. The van der Waals surface area contributed by atoms with Crippen molar-refractivity contribution in [2.45, 2.75) is 51.5 Å². The van der Waals surface area contributed by atoms with E-state index in [1.807, 2.05) is 19.1 Å². The number of anilines is 1. The number of nitriles is 1. The van der Waals surface area contributed by atoms with E-state index in [1.165, 1.54) is 12.4 Å². The second-order valence-corrected chi connectivity index (χ2v) is 10.9. The van der Waals surface area contributed by atoms with Crippen LogP contribution in [0.2, 0.25) is 0 Å². The van der Waals surface area contributed by atoms with Crippen LogP contribution in [-0.4, -0.2) is 57.3 Å². The van der Waals surface area contributed by atoms with Gasteiger partial charge in [-0.05, 0) is 38.0 Å². The molecule has 0 atom stereocenters. The van der Waals surface area contributed by atoms with Gasteiger partial charge in [-0.1, -0.05) is 6.07 Å². The first-order valence-electron chi connectivity index (χ1n) is 12.9. The first-order chi connectivity index (χ1) is 19.1. The number of nitrogens with zero attached hydrogens (tertiary/aromatic N) is 5. The molecule has 4 aromatic rings. The quantitative estimate of drug-likeness (QED) is 0.302. The van der Waals surface area contributed by atoms with Gasteiger partial charge in [-0.25, -0.2) is 9.97 Å². The summed E-state index contributed by atoms with van der Waals surface area (Å²) >= 11 is 1.04. The van der Waals surface area contributed by atoms with E-state index in [2.05, 4.69) is 26.3 Å². The average Bonchev–Trinajstić information content (AvgIpc) is 3.46. The van der Waals surface area contributed by atoms with E-state index in [-0.39, 0.29) is 17.5 Å². The van der Waals surface area contributed by atoms with Crippen molar-refractivity contribution in [2.24, 2.45) is 5.73 Å². The molecule has 1 saturated heterocycles. The van der Waals surface area contributed by atoms with Crippen molar-refractivity contribution in [2.75, 3.05) is 25.0 Å². The summed E-state index contributed by atoms with van der Waals surface area (Å²) in [5.41, 5.74) is 7.44. The van der Waals surface area contributed by atoms with Crippen LogP contribution in [0.1, 0.15) is 35.9 Å². The van der Waals surface area contributed by atoms with Crippen molar-refractivity contribution in [3.63, 3.8) is 0 Å². The summed E-state index contributed by atoms with van der Waals surface area (Å²) in [6.45, 7) is 4.49. The monoisotopic (exact) mass is 571 g/mol. The van der Waals surface area contributed by atoms with Crippen molar-refractivity contribution in [1.29, 1.82) is 5.26 Å². The molecule has 3 N–H and O–H groups in total. The van der Waals surface area contributed by atoms with Gasteiger partial charge >= 0.3 is 6.18 Å². The van der Waals surface area contributed by atoms with E-state index in [9.17, 15) is 23.2 Å². The number of benzene rings is 1. The molecule has 0 spiro atoms. The summed E-state index contributed by atoms with van der Waals surface area (Å²) in [5.74, 6) is 0.720. The number of nitrogens with one attached hydrogen (secondary N) is 1. The number of aromatic nitrogens is 3. The van der Waals surface area contributed by atoms with Gasteiger partial charge in [0, 0.05) is 41.5 Å². The van der Waals surface area contributed by atoms with E-state index in [0.29, 0.717) is 46.1 Å². The van der Waals surface area contributed by atoms with Gasteiger partial charge < -0.3 is 20.4 Å². The third-order valence-corrected chi connectivity index (χ3v) is 7.95. The number of ether oxygens (including phenoxy) is 1. The number of hydrogen-bond donors (Lipinski definition) is 2. The molecule has 1 aliphatic rings. The first kappa shape index (κ1) is 27.7. The summed E-state index contributed by atoms with van der Waals surface area (Å²) in [7, 11) is 0. The van der Waals surface area contributed by atoms with Crippen molar-refractivity contribution in [3.05, 3.63) is 46.7 Å². The zero-order valence-electron chi connectivity index (χ0n) is 21.8. The highest BCUT2D eigenvalue weighted by atomic mass is 32.1. The molecule has 4 heterocycles. The zero-order valence-corrected chi connectivity index (χ0v) is 22.6. The third kappa shape index (κ3) is 5.97. The molecule has 0 unspecified atom stereocenters. The maximum atomic E-state index is 12.9. The molecular weight excluding hydrogens is 543 g/mol. The normalized spacial score (nSPS) is 15.0. The second kappa shape index (κ2) is 11.3.